The molecule has 1 saturated heterocycles. The van der Waals surface area contributed by atoms with Crippen LogP contribution in [0.1, 0.15) is 34.1 Å². The molecule has 0 amide bonds. The maximum Gasteiger partial charge on any atom is 0.0253 e. The molecule has 0 bridgehead atoms. The molecule has 0 aliphatic carbocycles. The zero-order valence-corrected chi connectivity index (χ0v) is 11.7. The summed E-state index contributed by atoms with van der Waals surface area (Å²) in [6.07, 6.45) is 3.47. The Morgan fingerprint density at radius 2 is 2.20 bits per heavy atom. The normalized spacial score (nSPS) is 29.0. The van der Waals surface area contributed by atoms with Crippen molar-refractivity contribution in [3.8, 4) is 0 Å². The van der Waals surface area contributed by atoms with Crippen molar-refractivity contribution in [1.82, 2.24) is 10.2 Å². The molecule has 0 radical (unpaired) electrons. The first kappa shape index (κ1) is 13.3. The molecule has 2 atom stereocenters. The molecule has 1 N–H and O–H groups in total. The van der Waals surface area contributed by atoms with E-state index in [0.717, 1.165) is 12.6 Å². The Morgan fingerprint density at radius 3 is 2.73 bits per heavy atom. The second-order valence-corrected chi connectivity index (χ2v) is 6.21. The molecule has 0 aromatic carbocycles. The van der Waals surface area contributed by atoms with Crippen LogP contribution in [0.15, 0.2) is 0 Å². The first-order chi connectivity index (χ1) is 7.00. The highest BCUT2D eigenvalue weighted by atomic mass is 32.2. The number of nitrogens with one attached hydrogen (secondary N) is 1. The fourth-order valence-corrected chi connectivity index (χ4v) is 3.15. The van der Waals surface area contributed by atoms with E-state index in [1.807, 2.05) is 11.8 Å². The number of hydrogen-bond acceptors (Lipinski definition) is 3. The predicted octanol–water partition coefficient (Wildman–Crippen LogP) is 2.20. The molecule has 0 aromatic heterocycles. The Balaban J connectivity index is 2.63. The van der Waals surface area contributed by atoms with E-state index in [1.165, 1.54) is 18.7 Å². The van der Waals surface area contributed by atoms with Crippen molar-refractivity contribution in [2.45, 2.75) is 51.7 Å². The maximum absolute atomic E-state index is 3.61. The molecule has 1 fully saturated rings. The first-order valence-electron chi connectivity index (χ1n) is 6.00. The largest absolute Gasteiger partial charge is 0.309 e. The molecule has 2 nitrogen and oxygen atoms in total. The molecule has 0 saturated carbocycles. The average Bonchev–Trinajstić information content (AvgIpc) is 2.18. The molecule has 90 valence electrons. The quantitative estimate of drug-likeness (QED) is 0.797. The summed E-state index contributed by atoms with van der Waals surface area (Å²) in [7, 11) is 0. The molecule has 1 aliphatic rings. The summed E-state index contributed by atoms with van der Waals surface area (Å²) in [5.41, 5.74) is 0.276. The van der Waals surface area contributed by atoms with E-state index in [2.05, 4.69) is 44.2 Å². The molecule has 2 unspecified atom stereocenters. The van der Waals surface area contributed by atoms with Crippen LogP contribution in [-0.2, 0) is 0 Å². The van der Waals surface area contributed by atoms with Crippen LogP contribution in [0.5, 0.6) is 0 Å². The van der Waals surface area contributed by atoms with Crippen molar-refractivity contribution in [2.24, 2.45) is 0 Å². The molecule has 1 aliphatic heterocycles. The van der Waals surface area contributed by atoms with Crippen LogP contribution in [-0.4, -0.2) is 47.6 Å². The maximum atomic E-state index is 3.61. The van der Waals surface area contributed by atoms with E-state index < -0.39 is 0 Å². The lowest BCUT2D eigenvalue weighted by Crippen LogP contribution is -2.63. The van der Waals surface area contributed by atoms with Crippen LogP contribution in [0.2, 0.25) is 0 Å². The third kappa shape index (κ3) is 3.65. The van der Waals surface area contributed by atoms with Crippen molar-refractivity contribution in [3.05, 3.63) is 0 Å². The molecular weight excluding hydrogens is 204 g/mol. The van der Waals surface area contributed by atoms with E-state index in [1.54, 1.807) is 0 Å². The molecule has 1 heterocycles. The summed E-state index contributed by atoms with van der Waals surface area (Å²) in [6, 6.07) is 1.42. The van der Waals surface area contributed by atoms with Crippen molar-refractivity contribution >= 4 is 11.8 Å². The van der Waals surface area contributed by atoms with E-state index in [4.69, 9.17) is 0 Å². The second kappa shape index (κ2) is 5.55. The predicted molar refractivity (Wildman–Crippen MR) is 70.7 cm³/mol. The fraction of sp³-hybridized carbons (Fsp3) is 1.00. The molecular formula is C12H26N2S. The van der Waals surface area contributed by atoms with Gasteiger partial charge in [0.25, 0.3) is 0 Å². The third-order valence-electron chi connectivity index (χ3n) is 3.32. The molecule has 0 spiro atoms. The van der Waals surface area contributed by atoms with Crippen LogP contribution in [0.3, 0.4) is 0 Å². The van der Waals surface area contributed by atoms with Crippen LogP contribution >= 0.6 is 11.8 Å². The minimum absolute atomic E-state index is 0.276. The zero-order chi connectivity index (χ0) is 11.5. The summed E-state index contributed by atoms with van der Waals surface area (Å²) in [4.78, 5) is 2.69. The summed E-state index contributed by atoms with van der Waals surface area (Å²) in [5.74, 6) is 1.26. The van der Waals surface area contributed by atoms with Gasteiger partial charge in [0.15, 0.2) is 0 Å². The summed E-state index contributed by atoms with van der Waals surface area (Å²) in [6.45, 7) is 11.5. The Labute approximate surface area is 99.2 Å². The van der Waals surface area contributed by atoms with Gasteiger partial charge in [-0.15, -0.1) is 0 Å². The molecule has 15 heavy (non-hydrogen) atoms. The van der Waals surface area contributed by atoms with E-state index in [9.17, 15) is 0 Å². The highest BCUT2D eigenvalue weighted by Gasteiger charge is 2.33. The highest BCUT2D eigenvalue weighted by Crippen LogP contribution is 2.20. The zero-order valence-electron chi connectivity index (χ0n) is 10.8. The smallest absolute Gasteiger partial charge is 0.0253 e. The van der Waals surface area contributed by atoms with Crippen molar-refractivity contribution < 1.29 is 0 Å². The standard InChI is InChI=1S/C12H26N2S/c1-6-11(8-15-5)14-9-12(3,4)13-7-10(14)2/h10-11,13H,6-9H2,1-5H3. The lowest BCUT2D eigenvalue weighted by Gasteiger charge is -2.47. The number of rotatable bonds is 4. The van der Waals surface area contributed by atoms with Crippen LogP contribution < -0.4 is 5.32 Å². The first-order valence-corrected chi connectivity index (χ1v) is 7.39. The van der Waals surface area contributed by atoms with Crippen molar-refractivity contribution in [1.29, 1.82) is 0 Å². The van der Waals surface area contributed by atoms with Crippen LogP contribution in [0, 0.1) is 0 Å². The SMILES string of the molecule is CCC(CSC)N1CC(C)(C)NCC1C. The van der Waals surface area contributed by atoms with Crippen LogP contribution in [0.4, 0.5) is 0 Å². The lowest BCUT2D eigenvalue weighted by atomic mass is 9.97. The van der Waals surface area contributed by atoms with Crippen molar-refractivity contribution in [3.63, 3.8) is 0 Å². The Kier molecular flexibility index (Phi) is 4.94. The van der Waals surface area contributed by atoms with Gasteiger partial charge in [-0.3, -0.25) is 4.90 Å². The topological polar surface area (TPSA) is 15.3 Å². The van der Waals surface area contributed by atoms with Gasteiger partial charge >= 0.3 is 0 Å². The molecule has 0 aromatic rings. The van der Waals surface area contributed by atoms with Gasteiger partial charge in [-0.2, -0.15) is 11.8 Å². The molecule has 3 heteroatoms. The van der Waals surface area contributed by atoms with Gasteiger partial charge in [0.2, 0.25) is 0 Å². The third-order valence-corrected chi connectivity index (χ3v) is 4.04. The van der Waals surface area contributed by atoms with E-state index in [0.29, 0.717) is 6.04 Å². The minimum atomic E-state index is 0.276. The lowest BCUT2D eigenvalue weighted by molar-refractivity contribution is 0.0695. The summed E-state index contributed by atoms with van der Waals surface area (Å²) < 4.78 is 0. The van der Waals surface area contributed by atoms with Gasteiger partial charge in [0, 0.05) is 36.5 Å². The fourth-order valence-electron chi connectivity index (χ4n) is 2.34. The van der Waals surface area contributed by atoms with Gasteiger partial charge in [0.1, 0.15) is 0 Å². The summed E-state index contributed by atoms with van der Waals surface area (Å²) >= 11 is 1.97. The Bertz CT molecular complexity index is 194. The number of piperazine rings is 1. The summed E-state index contributed by atoms with van der Waals surface area (Å²) in [5, 5.41) is 3.61. The van der Waals surface area contributed by atoms with Gasteiger partial charge in [-0.05, 0) is 33.4 Å². The monoisotopic (exact) mass is 230 g/mol. The van der Waals surface area contributed by atoms with Gasteiger partial charge in [-0.1, -0.05) is 6.92 Å². The number of thioether (sulfide) groups is 1. The van der Waals surface area contributed by atoms with Crippen molar-refractivity contribution in [2.75, 3.05) is 25.1 Å². The Morgan fingerprint density at radius 1 is 1.53 bits per heavy atom. The second-order valence-electron chi connectivity index (χ2n) is 5.30. The average molecular weight is 230 g/mol. The minimum Gasteiger partial charge on any atom is -0.309 e. The Hall–Kier alpha value is 0.270. The van der Waals surface area contributed by atoms with E-state index in [-0.39, 0.29) is 5.54 Å². The van der Waals surface area contributed by atoms with Gasteiger partial charge in [-0.25, -0.2) is 0 Å². The number of nitrogens with zero attached hydrogens (tertiary/aromatic N) is 1. The van der Waals surface area contributed by atoms with Gasteiger partial charge in [0.05, 0.1) is 0 Å². The van der Waals surface area contributed by atoms with E-state index >= 15 is 0 Å². The highest BCUT2D eigenvalue weighted by molar-refractivity contribution is 7.98. The number of hydrogen-bond donors (Lipinski definition) is 1. The molecule has 1 rings (SSSR count). The van der Waals surface area contributed by atoms with Gasteiger partial charge < -0.3 is 5.32 Å². The van der Waals surface area contributed by atoms with Crippen LogP contribution in [0.25, 0.3) is 0 Å².